The normalized spacial score (nSPS) is 20.6. The summed E-state index contributed by atoms with van der Waals surface area (Å²) in [5, 5.41) is 26.3. The molecule has 0 aliphatic carbocycles. The molecule has 2 aliphatic rings. The summed E-state index contributed by atoms with van der Waals surface area (Å²) in [5.41, 5.74) is -2.29. The van der Waals surface area contributed by atoms with Crippen molar-refractivity contribution in [3.8, 4) is 5.88 Å². The van der Waals surface area contributed by atoms with E-state index in [1.165, 1.54) is 35.3 Å². The third-order valence-corrected chi connectivity index (χ3v) is 8.52. The molecule has 4 rings (SSSR count). The number of nitrogens with one attached hydrogen (secondary N) is 1. The number of carbonyl (C=O) groups is 4. The van der Waals surface area contributed by atoms with Gasteiger partial charge in [0.1, 0.15) is 11.1 Å². The number of esters is 1. The van der Waals surface area contributed by atoms with Crippen molar-refractivity contribution in [1.82, 2.24) is 35.6 Å². The molecular weight excluding hydrogens is 598 g/mol. The first kappa shape index (κ1) is 29.3. The van der Waals surface area contributed by atoms with Crippen LogP contribution in [0.4, 0.5) is 0 Å². The zero-order valence-corrected chi connectivity index (χ0v) is 23.6. The Kier molecular flexibility index (Phi) is 8.10. The number of nitrogens with zero attached hydrogens (tertiary/aromatic N) is 6. The van der Waals surface area contributed by atoms with Crippen molar-refractivity contribution in [2.75, 3.05) is 32.0 Å². The van der Waals surface area contributed by atoms with Crippen LogP contribution in [0.3, 0.4) is 0 Å². The number of carbonyl (C=O) groups excluding carboxylic acids is 3. The molecule has 40 heavy (non-hydrogen) atoms. The molecule has 2 amide bonds. The van der Waals surface area contributed by atoms with Crippen molar-refractivity contribution in [2.45, 2.75) is 22.7 Å². The number of tetrazole rings is 1. The van der Waals surface area contributed by atoms with Crippen LogP contribution in [-0.2, 0) is 47.4 Å². The highest BCUT2D eigenvalue weighted by Gasteiger charge is 2.66. The van der Waals surface area contributed by atoms with Crippen LogP contribution >= 0.6 is 23.5 Å². The molecule has 18 nitrogen and oxygen atoms in total. The Morgan fingerprint density at radius 1 is 1.32 bits per heavy atom. The average Bonchev–Trinajstić information content (AvgIpc) is 3.48. The second-order valence-corrected chi connectivity index (χ2v) is 11.8. The van der Waals surface area contributed by atoms with Crippen LogP contribution in [0.1, 0.15) is 16.1 Å². The molecule has 4 heterocycles. The van der Waals surface area contributed by atoms with Gasteiger partial charge in [0.25, 0.3) is 17.5 Å². The van der Waals surface area contributed by atoms with E-state index in [2.05, 4.69) is 34.9 Å². The van der Waals surface area contributed by atoms with Crippen LogP contribution < -0.4 is 9.50 Å². The smallest absolute Gasteiger partial charge is 0.352 e. The number of ether oxygens (including phenoxy) is 2. The van der Waals surface area contributed by atoms with E-state index in [1.807, 2.05) is 0 Å². The lowest BCUT2D eigenvalue weighted by Gasteiger charge is -2.55. The minimum Gasteiger partial charge on any atom is -0.477 e. The summed E-state index contributed by atoms with van der Waals surface area (Å²) in [6, 6.07) is 0. The summed E-state index contributed by atoms with van der Waals surface area (Å²) in [6.45, 7) is 0. The summed E-state index contributed by atoms with van der Waals surface area (Å²) < 4.78 is 44.0. The Hall–Kier alpha value is -3.69. The summed E-state index contributed by atoms with van der Waals surface area (Å²) in [6.07, 6.45) is 0.0136. The van der Waals surface area contributed by atoms with Gasteiger partial charge in [0.15, 0.2) is 11.3 Å². The van der Waals surface area contributed by atoms with Crippen molar-refractivity contribution >= 4 is 57.4 Å². The van der Waals surface area contributed by atoms with E-state index in [-0.39, 0.29) is 17.2 Å². The second kappa shape index (κ2) is 11.1. The molecule has 216 valence electrons. The Bertz CT molecular complexity index is 1520. The van der Waals surface area contributed by atoms with Gasteiger partial charge >= 0.3 is 22.1 Å². The van der Waals surface area contributed by atoms with Gasteiger partial charge in [0, 0.05) is 25.7 Å². The maximum Gasteiger partial charge on any atom is 0.352 e. The molecule has 21 heteroatoms. The third kappa shape index (κ3) is 5.36. The van der Waals surface area contributed by atoms with Gasteiger partial charge in [-0.2, -0.15) is 8.42 Å². The van der Waals surface area contributed by atoms with Gasteiger partial charge < -0.3 is 28.6 Å². The molecule has 2 aromatic heterocycles. The fourth-order valence-corrected chi connectivity index (χ4v) is 6.71. The van der Waals surface area contributed by atoms with E-state index in [0.717, 1.165) is 12.0 Å². The van der Waals surface area contributed by atoms with Crippen molar-refractivity contribution in [1.29, 1.82) is 0 Å². The number of aromatic nitrogens is 5. The van der Waals surface area contributed by atoms with Crippen LogP contribution in [0.15, 0.2) is 20.9 Å². The standard InChI is InChI=1S/C19H21N7O11S3/c1-25-18(21-23-24-25)39-7-8-6-38-17-19(35-3,16(31)26(17)12(8)14(28)29)20-10(27)5-9-11(15(30)34-2)13(22-36-9)37-40(4,32)33/h17H,5-7H2,1-4H3,(H,20,27)(H,28,29)/t17-,19-/m0/s1. The molecule has 0 saturated carbocycles. The van der Waals surface area contributed by atoms with Crippen LogP contribution in [0, 0.1) is 0 Å². The largest absolute Gasteiger partial charge is 0.477 e. The number of fused-ring (bicyclic) bond motifs is 1. The Morgan fingerprint density at radius 2 is 2.05 bits per heavy atom. The molecule has 2 aromatic rings. The maximum atomic E-state index is 13.3. The van der Waals surface area contributed by atoms with E-state index in [9.17, 15) is 32.7 Å². The fourth-order valence-electron chi connectivity index (χ4n) is 3.88. The van der Waals surface area contributed by atoms with E-state index in [4.69, 9.17) is 9.26 Å². The molecule has 0 bridgehead atoms. The number of aryl methyl sites for hydroxylation is 1. The zero-order chi connectivity index (χ0) is 29.4. The fraction of sp³-hybridized carbons (Fsp3) is 0.474. The van der Waals surface area contributed by atoms with Crippen molar-refractivity contribution < 1.29 is 50.9 Å². The van der Waals surface area contributed by atoms with Crippen LogP contribution in [0.25, 0.3) is 0 Å². The summed E-state index contributed by atoms with van der Waals surface area (Å²) >= 11 is 2.35. The van der Waals surface area contributed by atoms with Crippen LogP contribution in [0.5, 0.6) is 5.88 Å². The number of hydrogen-bond donors (Lipinski definition) is 2. The molecule has 0 unspecified atom stereocenters. The summed E-state index contributed by atoms with van der Waals surface area (Å²) in [7, 11) is -0.307. The quantitative estimate of drug-likeness (QED) is 0.0944. The Labute approximate surface area is 233 Å². The van der Waals surface area contributed by atoms with Gasteiger partial charge in [-0.3, -0.25) is 14.5 Å². The number of aliphatic carboxylic acids is 1. The van der Waals surface area contributed by atoms with Gasteiger partial charge in [-0.25, -0.2) is 14.3 Å². The molecule has 2 aliphatic heterocycles. The average molecular weight is 620 g/mol. The molecule has 0 radical (unpaired) electrons. The number of hydrogen-bond acceptors (Lipinski definition) is 16. The van der Waals surface area contributed by atoms with E-state index in [1.54, 1.807) is 7.05 Å². The van der Waals surface area contributed by atoms with Crippen molar-refractivity contribution in [2.24, 2.45) is 7.05 Å². The van der Waals surface area contributed by atoms with Crippen molar-refractivity contribution in [3.63, 3.8) is 0 Å². The molecule has 1 fully saturated rings. The highest BCUT2D eigenvalue weighted by atomic mass is 32.2. The van der Waals surface area contributed by atoms with Gasteiger partial charge in [0.2, 0.25) is 11.1 Å². The second-order valence-electron chi connectivity index (χ2n) is 8.20. The molecule has 1 saturated heterocycles. The summed E-state index contributed by atoms with van der Waals surface area (Å²) in [5.74, 6) is -4.92. The van der Waals surface area contributed by atoms with Gasteiger partial charge in [0.05, 0.1) is 19.8 Å². The zero-order valence-electron chi connectivity index (χ0n) is 21.1. The topological polar surface area (TPSA) is 235 Å². The first-order valence-corrected chi connectivity index (χ1v) is 14.8. The predicted octanol–water partition coefficient (Wildman–Crippen LogP) is -1.63. The number of amides is 2. The molecule has 2 atom stereocenters. The van der Waals surface area contributed by atoms with E-state index >= 15 is 0 Å². The number of thioether (sulfide) groups is 2. The highest BCUT2D eigenvalue weighted by molar-refractivity contribution is 8.01. The summed E-state index contributed by atoms with van der Waals surface area (Å²) in [4.78, 5) is 51.7. The SMILES string of the molecule is COC(=O)c1c(OS(C)(=O)=O)noc1CC(=O)N[C@]1(OC)C(=O)N2C(C(=O)O)=C(CSc3nnnn3C)CS[C@H]21. The lowest BCUT2D eigenvalue weighted by molar-refractivity contribution is -0.192. The minimum absolute atomic E-state index is 0.186. The minimum atomic E-state index is -4.11. The molecular formula is C19H21N7O11S3. The Morgan fingerprint density at radius 3 is 2.62 bits per heavy atom. The number of rotatable bonds is 11. The number of β-lactam (4-membered cyclic amide) rings is 1. The van der Waals surface area contributed by atoms with Crippen LogP contribution in [0.2, 0.25) is 0 Å². The number of carboxylic acids is 1. The lowest BCUT2D eigenvalue weighted by atomic mass is 9.98. The van der Waals surface area contributed by atoms with Crippen LogP contribution in [-0.4, -0.2) is 111 Å². The first-order valence-electron chi connectivity index (χ1n) is 10.9. The molecule has 2 N–H and O–H groups in total. The molecule has 0 spiro atoms. The van der Waals surface area contributed by atoms with Gasteiger partial charge in [-0.15, -0.1) is 16.9 Å². The third-order valence-electron chi connectivity index (χ3n) is 5.59. The number of methoxy groups -OCH3 is 2. The Balaban J connectivity index is 1.54. The van der Waals surface area contributed by atoms with Gasteiger partial charge in [-0.05, 0) is 21.2 Å². The van der Waals surface area contributed by atoms with Gasteiger partial charge in [-0.1, -0.05) is 11.8 Å². The van der Waals surface area contributed by atoms with E-state index < -0.39 is 68.6 Å². The van der Waals surface area contributed by atoms with E-state index in [0.29, 0.717) is 17.0 Å². The predicted molar refractivity (Wildman–Crippen MR) is 132 cm³/mol. The highest BCUT2D eigenvalue weighted by Crippen LogP contribution is 2.47. The van der Waals surface area contributed by atoms with Crippen molar-refractivity contribution in [3.05, 3.63) is 22.6 Å². The maximum absolute atomic E-state index is 13.3. The number of carboxylic acid groups (broad SMARTS) is 1. The first-order chi connectivity index (χ1) is 18.8. The monoisotopic (exact) mass is 619 g/mol. The lowest BCUT2D eigenvalue weighted by Crippen LogP contribution is -2.80. The molecule has 0 aromatic carbocycles.